The summed E-state index contributed by atoms with van der Waals surface area (Å²) in [4.78, 5) is 13.1. The van der Waals surface area contributed by atoms with E-state index in [9.17, 15) is 4.79 Å². The lowest BCUT2D eigenvalue weighted by Gasteiger charge is -2.16. The van der Waals surface area contributed by atoms with Crippen molar-refractivity contribution in [3.8, 4) is 0 Å². The number of rotatable bonds is 6. The number of esters is 1. The summed E-state index contributed by atoms with van der Waals surface area (Å²) in [5.41, 5.74) is 2.44. The molecule has 1 atom stereocenters. The first-order valence-electron chi connectivity index (χ1n) is 6.49. The Bertz CT molecular complexity index is 401. The molecule has 0 heterocycles. The molecule has 0 amide bonds. The van der Waals surface area contributed by atoms with Crippen LogP contribution < -0.4 is 0 Å². The second-order valence-electron chi connectivity index (χ2n) is 4.42. The van der Waals surface area contributed by atoms with Gasteiger partial charge in [-0.1, -0.05) is 31.0 Å². The van der Waals surface area contributed by atoms with Gasteiger partial charge in [0.25, 0.3) is 0 Å². The molecular weight excluding hydrogens is 244 g/mol. The van der Waals surface area contributed by atoms with Crippen LogP contribution in [0.5, 0.6) is 0 Å². The van der Waals surface area contributed by atoms with Crippen LogP contribution in [0, 0.1) is 13.8 Å². The van der Waals surface area contributed by atoms with Gasteiger partial charge in [-0.25, -0.2) is 0 Å². The molecule has 0 saturated heterocycles. The molecule has 3 heteroatoms. The second-order valence-corrected chi connectivity index (χ2v) is 5.66. The summed E-state index contributed by atoms with van der Waals surface area (Å²) in [7, 11) is 0. The van der Waals surface area contributed by atoms with Crippen LogP contribution in [0.4, 0.5) is 0 Å². The van der Waals surface area contributed by atoms with Gasteiger partial charge in [-0.3, -0.25) is 4.79 Å². The molecule has 1 aromatic rings. The quantitative estimate of drug-likeness (QED) is 0.572. The fraction of sp³-hybridized carbons (Fsp3) is 0.533. The number of carbonyl (C=O) groups excluding carboxylic acids is 1. The van der Waals surface area contributed by atoms with E-state index in [0.717, 1.165) is 12.8 Å². The highest BCUT2D eigenvalue weighted by atomic mass is 32.2. The van der Waals surface area contributed by atoms with Gasteiger partial charge in [-0.05, 0) is 38.8 Å². The van der Waals surface area contributed by atoms with Crippen LogP contribution in [0.2, 0.25) is 0 Å². The van der Waals surface area contributed by atoms with E-state index in [2.05, 4.69) is 39.0 Å². The molecule has 1 rings (SSSR count). The van der Waals surface area contributed by atoms with Gasteiger partial charge in [0.1, 0.15) is 5.25 Å². The summed E-state index contributed by atoms with van der Waals surface area (Å²) in [5.74, 6) is -0.0924. The summed E-state index contributed by atoms with van der Waals surface area (Å²) in [6.45, 7) is 8.55. The summed E-state index contributed by atoms with van der Waals surface area (Å²) in [6, 6.07) is 6.34. The molecule has 2 nitrogen and oxygen atoms in total. The average Bonchev–Trinajstić information content (AvgIpc) is 2.33. The minimum atomic E-state index is -0.0924. The highest BCUT2D eigenvalue weighted by molar-refractivity contribution is 8.00. The van der Waals surface area contributed by atoms with Crippen molar-refractivity contribution >= 4 is 17.7 Å². The molecule has 0 aromatic heterocycles. The van der Waals surface area contributed by atoms with E-state index in [0.29, 0.717) is 6.61 Å². The number of aryl methyl sites for hydroxylation is 2. The molecule has 0 saturated carbocycles. The molecule has 0 spiro atoms. The Morgan fingerprint density at radius 2 is 2.06 bits per heavy atom. The first kappa shape index (κ1) is 15.1. The molecule has 0 radical (unpaired) electrons. The maximum Gasteiger partial charge on any atom is 0.319 e. The van der Waals surface area contributed by atoms with E-state index >= 15 is 0 Å². The van der Waals surface area contributed by atoms with Crippen LogP contribution in [-0.4, -0.2) is 17.8 Å². The highest BCUT2D eigenvalue weighted by Crippen LogP contribution is 2.30. The van der Waals surface area contributed by atoms with Crippen LogP contribution in [0.25, 0.3) is 0 Å². The Hall–Kier alpha value is -0.960. The Morgan fingerprint density at radius 3 is 2.67 bits per heavy atom. The van der Waals surface area contributed by atoms with Gasteiger partial charge in [-0.15, -0.1) is 11.8 Å². The minimum absolute atomic E-state index is 0.0875. The van der Waals surface area contributed by atoms with Crippen molar-refractivity contribution in [2.24, 2.45) is 0 Å². The molecule has 1 aromatic carbocycles. The molecule has 0 aliphatic rings. The van der Waals surface area contributed by atoms with Crippen molar-refractivity contribution in [1.82, 2.24) is 0 Å². The summed E-state index contributed by atoms with van der Waals surface area (Å²) < 4.78 is 5.14. The van der Waals surface area contributed by atoms with E-state index < -0.39 is 0 Å². The molecule has 0 bridgehead atoms. The monoisotopic (exact) mass is 266 g/mol. The van der Waals surface area contributed by atoms with E-state index in [1.807, 2.05) is 6.92 Å². The Morgan fingerprint density at radius 1 is 1.33 bits per heavy atom. The third-order valence-corrected chi connectivity index (χ3v) is 4.12. The van der Waals surface area contributed by atoms with Gasteiger partial charge in [-0.2, -0.15) is 0 Å². The molecule has 18 heavy (non-hydrogen) atoms. The normalized spacial score (nSPS) is 12.2. The number of ether oxygens (including phenoxy) is 1. The zero-order valence-electron chi connectivity index (χ0n) is 11.7. The largest absolute Gasteiger partial charge is 0.465 e. The molecule has 0 aliphatic carbocycles. The molecule has 100 valence electrons. The van der Waals surface area contributed by atoms with Crippen molar-refractivity contribution in [3.63, 3.8) is 0 Å². The molecule has 0 N–H and O–H groups in total. The summed E-state index contributed by atoms with van der Waals surface area (Å²) in [6.07, 6.45) is 1.85. The predicted octanol–water partition coefficient (Wildman–Crippen LogP) is 4.13. The van der Waals surface area contributed by atoms with E-state index in [-0.39, 0.29) is 11.2 Å². The number of benzene rings is 1. The fourth-order valence-corrected chi connectivity index (χ4v) is 3.04. The molecule has 1 unspecified atom stereocenters. The van der Waals surface area contributed by atoms with Crippen LogP contribution in [0.3, 0.4) is 0 Å². The van der Waals surface area contributed by atoms with Crippen molar-refractivity contribution in [1.29, 1.82) is 0 Å². The number of hydrogen-bond acceptors (Lipinski definition) is 3. The standard InChI is InChI=1S/C15H22O2S/c1-5-7-13(15(16)17-6-2)18-14-10-11(3)8-9-12(14)4/h8-10,13H,5-7H2,1-4H3. The topological polar surface area (TPSA) is 26.3 Å². The first-order chi connectivity index (χ1) is 8.58. The lowest BCUT2D eigenvalue weighted by Crippen LogP contribution is -2.20. The SMILES string of the molecule is CCCC(Sc1cc(C)ccc1C)C(=O)OCC. The van der Waals surface area contributed by atoms with Gasteiger partial charge >= 0.3 is 5.97 Å². The first-order valence-corrected chi connectivity index (χ1v) is 7.37. The Kier molecular flexibility index (Phi) is 6.27. The van der Waals surface area contributed by atoms with Gasteiger partial charge in [0, 0.05) is 4.90 Å². The fourth-order valence-electron chi connectivity index (χ4n) is 1.71. The van der Waals surface area contributed by atoms with Crippen LogP contribution in [0.15, 0.2) is 23.1 Å². The second kappa shape index (κ2) is 7.47. The van der Waals surface area contributed by atoms with Crippen molar-refractivity contribution < 1.29 is 9.53 Å². The number of hydrogen-bond donors (Lipinski definition) is 0. The third kappa shape index (κ3) is 4.37. The van der Waals surface area contributed by atoms with E-state index in [1.165, 1.54) is 16.0 Å². The molecule has 0 fully saturated rings. The minimum Gasteiger partial charge on any atom is -0.465 e. The Labute approximate surface area is 114 Å². The van der Waals surface area contributed by atoms with Gasteiger partial charge in [0.15, 0.2) is 0 Å². The number of thioether (sulfide) groups is 1. The molecule has 0 aliphatic heterocycles. The summed E-state index contributed by atoms with van der Waals surface area (Å²) in [5, 5.41) is -0.0875. The Balaban J connectivity index is 2.82. The lowest BCUT2D eigenvalue weighted by atomic mass is 10.2. The molecular formula is C15H22O2S. The van der Waals surface area contributed by atoms with Crippen molar-refractivity contribution in [2.75, 3.05) is 6.61 Å². The van der Waals surface area contributed by atoms with Crippen LogP contribution >= 0.6 is 11.8 Å². The van der Waals surface area contributed by atoms with Gasteiger partial charge < -0.3 is 4.74 Å². The summed E-state index contributed by atoms with van der Waals surface area (Å²) >= 11 is 1.63. The van der Waals surface area contributed by atoms with Gasteiger partial charge in [0.05, 0.1) is 6.61 Å². The lowest BCUT2D eigenvalue weighted by molar-refractivity contribution is -0.142. The van der Waals surface area contributed by atoms with Crippen molar-refractivity contribution in [2.45, 2.75) is 50.7 Å². The van der Waals surface area contributed by atoms with Crippen molar-refractivity contribution in [3.05, 3.63) is 29.3 Å². The average molecular weight is 266 g/mol. The predicted molar refractivity (Wildman–Crippen MR) is 77.1 cm³/mol. The third-order valence-electron chi connectivity index (χ3n) is 2.71. The maximum absolute atomic E-state index is 11.9. The van der Waals surface area contributed by atoms with Crippen LogP contribution in [0.1, 0.15) is 37.8 Å². The highest BCUT2D eigenvalue weighted by Gasteiger charge is 2.20. The van der Waals surface area contributed by atoms with E-state index in [1.54, 1.807) is 11.8 Å². The number of carbonyl (C=O) groups is 1. The van der Waals surface area contributed by atoms with E-state index in [4.69, 9.17) is 4.74 Å². The zero-order valence-corrected chi connectivity index (χ0v) is 12.5. The van der Waals surface area contributed by atoms with Gasteiger partial charge in [0.2, 0.25) is 0 Å². The zero-order chi connectivity index (χ0) is 13.5. The van der Waals surface area contributed by atoms with Crippen LogP contribution in [-0.2, 0) is 9.53 Å². The maximum atomic E-state index is 11.9. The smallest absolute Gasteiger partial charge is 0.319 e.